The zero-order valence-corrected chi connectivity index (χ0v) is 16.1. The van der Waals surface area contributed by atoms with Gasteiger partial charge in [0, 0.05) is 12.8 Å². The minimum Gasteiger partial charge on any atom is -0.459 e. The molecule has 26 heavy (non-hydrogen) atoms. The van der Waals surface area contributed by atoms with Gasteiger partial charge in [0.05, 0.1) is 12.0 Å². The van der Waals surface area contributed by atoms with E-state index in [4.69, 9.17) is 9.47 Å². The Morgan fingerprint density at radius 3 is 2.54 bits per heavy atom. The number of anilines is 2. The Morgan fingerprint density at radius 1 is 1.12 bits per heavy atom. The van der Waals surface area contributed by atoms with Crippen molar-refractivity contribution in [3.63, 3.8) is 0 Å². The third-order valence-electron chi connectivity index (χ3n) is 3.92. The number of carbonyl (C=O) groups excluding carboxylic acids is 1. The van der Waals surface area contributed by atoms with Crippen LogP contribution in [0.5, 0.6) is 0 Å². The number of aromatic nitrogens is 2. The van der Waals surface area contributed by atoms with Crippen LogP contribution in [0.2, 0.25) is 0 Å². The molecule has 3 aromatic rings. The number of benzene rings is 1. The van der Waals surface area contributed by atoms with Crippen molar-refractivity contribution in [2.75, 3.05) is 25.6 Å². The molecule has 3 rings (SSSR count). The van der Waals surface area contributed by atoms with Gasteiger partial charge in [0.1, 0.15) is 28.5 Å². The predicted molar refractivity (Wildman–Crippen MR) is 104 cm³/mol. The lowest BCUT2D eigenvalue weighted by Crippen LogP contribution is -2.09. The first-order valence-corrected chi connectivity index (χ1v) is 9.06. The SMILES string of the molecule is COCCOC(=O)c1sc2ncnc(Nc3cc(C)cc(C)c3)c2c1C. The number of esters is 1. The lowest BCUT2D eigenvalue weighted by atomic mass is 10.1. The molecule has 1 aromatic carbocycles. The summed E-state index contributed by atoms with van der Waals surface area (Å²) in [4.78, 5) is 22.3. The third kappa shape index (κ3) is 3.84. The van der Waals surface area contributed by atoms with Gasteiger partial charge in [-0.05, 0) is 49.6 Å². The Morgan fingerprint density at radius 2 is 1.85 bits per heavy atom. The molecule has 0 fully saturated rings. The minimum atomic E-state index is -0.361. The number of hydrogen-bond donors (Lipinski definition) is 1. The van der Waals surface area contributed by atoms with Crippen LogP contribution in [0.15, 0.2) is 24.5 Å². The van der Waals surface area contributed by atoms with E-state index in [2.05, 4.69) is 47.3 Å². The summed E-state index contributed by atoms with van der Waals surface area (Å²) in [7, 11) is 1.57. The topological polar surface area (TPSA) is 73.3 Å². The van der Waals surface area contributed by atoms with Crippen LogP contribution < -0.4 is 5.32 Å². The Kier molecular flexibility index (Phi) is 5.49. The summed E-state index contributed by atoms with van der Waals surface area (Å²) in [5, 5.41) is 4.20. The van der Waals surface area contributed by atoms with Crippen LogP contribution in [0.3, 0.4) is 0 Å². The summed E-state index contributed by atoms with van der Waals surface area (Å²) in [6.45, 7) is 6.59. The van der Waals surface area contributed by atoms with Gasteiger partial charge in [-0.2, -0.15) is 0 Å². The monoisotopic (exact) mass is 371 g/mol. The summed E-state index contributed by atoms with van der Waals surface area (Å²) >= 11 is 1.31. The van der Waals surface area contributed by atoms with Crippen molar-refractivity contribution in [2.45, 2.75) is 20.8 Å². The molecule has 0 unspecified atom stereocenters. The van der Waals surface area contributed by atoms with Crippen LogP contribution in [0, 0.1) is 20.8 Å². The molecule has 0 atom stereocenters. The molecule has 0 saturated heterocycles. The second kappa shape index (κ2) is 7.80. The van der Waals surface area contributed by atoms with E-state index in [0.717, 1.165) is 21.5 Å². The van der Waals surface area contributed by atoms with E-state index < -0.39 is 0 Å². The fourth-order valence-corrected chi connectivity index (χ4v) is 3.87. The van der Waals surface area contributed by atoms with E-state index in [9.17, 15) is 4.79 Å². The molecule has 0 amide bonds. The molecule has 6 nitrogen and oxygen atoms in total. The molecule has 2 heterocycles. The van der Waals surface area contributed by atoms with Crippen molar-refractivity contribution in [3.8, 4) is 0 Å². The number of carbonyl (C=O) groups is 1. The van der Waals surface area contributed by atoms with E-state index >= 15 is 0 Å². The predicted octanol–water partition coefficient (Wildman–Crippen LogP) is 4.16. The third-order valence-corrected chi connectivity index (χ3v) is 5.10. The average Bonchev–Trinajstić information content (AvgIpc) is 2.92. The number of nitrogens with one attached hydrogen (secondary N) is 1. The lowest BCUT2D eigenvalue weighted by molar-refractivity contribution is 0.0393. The molecule has 1 N–H and O–H groups in total. The number of hydrogen-bond acceptors (Lipinski definition) is 7. The number of nitrogens with zero attached hydrogens (tertiary/aromatic N) is 2. The highest BCUT2D eigenvalue weighted by Crippen LogP contribution is 2.35. The molecule has 0 bridgehead atoms. The number of methoxy groups -OCH3 is 1. The van der Waals surface area contributed by atoms with Gasteiger partial charge in [0.2, 0.25) is 0 Å². The highest BCUT2D eigenvalue weighted by atomic mass is 32.1. The molecule has 136 valence electrons. The first-order chi connectivity index (χ1) is 12.5. The van der Waals surface area contributed by atoms with Crippen LogP contribution in [0.1, 0.15) is 26.4 Å². The van der Waals surface area contributed by atoms with E-state index in [-0.39, 0.29) is 12.6 Å². The van der Waals surface area contributed by atoms with E-state index in [0.29, 0.717) is 17.3 Å². The highest BCUT2D eigenvalue weighted by Gasteiger charge is 2.20. The number of rotatable bonds is 6. The summed E-state index contributed by atoms with van der Waals surface area (Å²) in [5.74, 6) is 0.324. The van der Waals surface area contributed by atoms with E-state index in [1.807, 2.05) is 6.92 Å². The lowest BCUT2D eigenvalue weighted by Gasteiger charge is -2.09. The Balaban J connectivity index is 1.95. The second-order valence-corrected chi connectivity index (χ2v) is 7.09. The van der Waals surface area contributed by atoms with Crippen molar-refractivity contribution < 1.29 is 14.3 Å². The number of aryl methyl sites for hydroxylation is 3. The van der Waals surface area contributed by atoms with Gasteiger partial charge in [-0.1, -0.05) is 6.07 Å². The minimum absolute atomic E-state index is 0.225. The van der Waals surface area contributed by atoms with Gasteiger partial charge >= 0.3 is 5.97 Å². The Hall–Kier alpha value is -2.51. The molecule has 0 aliphatic rings. The normalized spacial score (nSPS) is 10.9. The van der Waals surface area contributed by atoms with Crippen molar-refractivity contribution in [3.05, 3.63) is 46.1 Å². The second-order valence-electron chi connectivity index (χ2n) is 6.09. The molecule has 0 spiro atoms. The first kappa shape index (κ1) is 18.3. The fraction of sp³-hybridized carbons (Fsp3) is 0.316. The van der Waals surface area contributed by atoms with Crippen LogP contribution in [0.4, 0.5) is 11.5 Å². The van der Waals surface area contributed by atoms with Gasteiger partial charge in [0.15, 0.2) is 0 Å². The van der Waals surface area contributed by atoms with Gasteiger partial charge in [-0.15, -0.1) is 11.3 Å². The summed E-state index contributed by atoms with van der Waals surface area (Å²) in [5.41, 5.74) is 4.11. The quantitative estimate of drug-likeness (QED) is 0.518. The largest absolute Gasteiger partial charge is 0.459 e. The Bertz CT molecular complexity index is 932. The maximum absolute atomic E-state index is 12.3. The smallest absolute Gasteiger partial charge is 0.348 e. The molecule has 0 aliphatic carbocycles. The van der Waals surface area contributed by atoms with Crippen molar-refractivity contribution in [2.24, 2.45) is 0 Å². The molecule has 2 aromatic heterocycles. The molecule has 0 aliphatic heterocycles. The van der Waals surface area contributed by atoms with Crippen molar-refractivity contribution in [1.82, 2.24) is 9.97 Å². The average molecular weight is 371 g/mol. The first-order valence-electron chi connectivity index (χ1n) is 8.25. The highest BCUT2D eigenvalue weighted by molar-refractivity contribution is 7.20. The molecule has 0 saturated carbocycles. The maximum Gasteiger partial charge on any atom is 0.348 e. The van der Waals surface area contributed by atoms with E-state index in [1.54, 1.807) is 7.11 Å². The van der Waals surface area contributed by atoms with Crippen LogP contribution in [0.25, 0.3) is 10.2 Å². The Labute approximate surface area is 156 Å². The van der Waals surface area contributed by atoms with E-state index in [1.165, 1.54) is 28.8 Å². The van der Waals surface area contributed by atoms with Gasteiger partial charge in [-0.25, -0.2) is 14.8 Å². The maximum atomic E-state index is 12.3. The van der Waals surface area contributed by atoms with Crippen molar-refractivity contribution >= 4 is 39.0 Å². The summed E-state index contributed by atoms with van der Waals surface area (Å²) < 4.78 is 10.2. The zero-order valence-electron chi connectivity index (χ0n) is 15.3. The molecule has 7 heteroatoms. The number of fused-ring (bicyclic) bond motifs is 1. The fourth-order valence-electron chi connectivity index (χ4n) is 2.83. The van der Waals surface area contributed by atoms with Crippen molar-refractivity contribution in [1.29, 1.82) is 0 Å². The molecule has 0 radical (unpaired) electrons. The number of ether oxygens (including phenoxy) is 2. The van der Waals surface area contributed by atoms with Crippen LogP contribution in [-0.4, -0.2) is 36.3 Å². The van der Waals surface area contributed by atoms with Gasteiger partial charge in [0.25, 0.3) is 0 Å². The summed E-state index contributed by atoms with van der Waals surface area (Å²) in [6, 6.07) is 6.23. The van der Waals surface area contributed by atoms with Crippen LogP contribution >= 0.6 is 11.3 Å². The number of thiophene rings is 1. The van der Waals surface area contributed by atoms with Crippen LogP contribution in [-0.2, 0) is 9.47 Å². The molecular formula is C19H21N3O3S. The van der Waals surface area contributed by atoms with Gasteiger partial charge in [-0.3, -0.25) is 0 Å². The summed E-state index contributed by atoms with van der Waals surface area (Å²) in [6.07, 6.45) is 1.50. The van der Waals surface area contributed by atoms with Gasteiger partial charge < -0.3 is 14.8 Å². The zero-order chi connectivity index (χ0) is 18.7. The standard InChI is InChI=1S/C19H21N3O3S/c1-11-7-12(2)9-14(8-11)22-17-15-13(3)16(19(23)25-6-5-24-4)26-18(15)21-10-20-17/h7-10H,5-6H2,1-4H3,(H,20,21,22). The molecular weight excluding hydrogens is 350 g/mol.